The number of nitrogens with two attached hydrogens (primary N) is 1. The summed E-state index contributed by atoms with van der Waals surface area (Å²) in [5.41, 5.74) is 5.35. The maximum Gasteiger partial charge on any atom is 0.241 e. The maximum absolute atomic E-state index is 12.4. The fourth-order valence-electron chi connectivity index (χ4n) is 3.55. The van der Waals surface area contributed by atoms with Crippen LogP contribution in [0.3, 0.4) is 0 Å². The molecule has 4 heteroatoms. The maximum atomic E-state index is 12.4. The fraction of sp³-hybridized carbons (Fsp3) is 0.800. The third-order valence-electron chi connectivity index (χ3n) is 4.77. The van der Waals surface area contributed by atoms with E-state index in [4.69, 9.17) is 10.5 Å². The van der Waals surface area contributed by atoms with Gasteiger partial charge in [-0.1, -0.05) is 13.8 Å². The molecule has 1 heterocycles. The molecule has 19 heavy (non-hydrogen) atoms. The van der Waals surface area contributed by atoms with Crippen LogP contribution in [0.15, 0.2) is 0 Å². The van der Waals surface area contributed by atoms with Gasteiger partial charge in [0.1, 0.15) is 5.54 Å². The number of hydrogen-bond donors (Lipinski definition) is 2. The molecule has 3 N–H and O–H groups in total. The summed E-state index contributed by atoms with van der Waals surface area (Å²) < 4.78 is 5.80. The quantitative estimate of drug-likeness (QED) is 0.591. The molecule has 1 aliphatic carbocycles. The highest BCUT2D eigenvalue weighted by Gasteiger charge is 2.70. The molecule has 3 unspecified atom stereocenters. The minimum atomic E-state index is -0.808. The van der Waals surface area contributed by atoms with E-state index in [0.29, 0.717) is 13.0 Å². The van der Waals surface area contributed by atoms with Crippen LogP contribution < -0.4 is 11.1 Å². The normalized spacial score (nSPS) is 35.4. The number of nitrogens with one attached hydrogen (secondary N) is 1. The molecule has 0 spiro atoms. The summed E-state index contributed by atoms with van der Waals surface area (Å²) in [7, 11) is 0. The average molecular weight is 264 g/mol. The molecular weight excluding hydrogens is 240 g/mol. The number of hydrogen-bond acceptors (Lipinski definition) is 3. The Bertz CT molecular complexity index is 422. The molecule has 0 aromatic heterocycles. The van der Waals surface area contributed by atoms with Gasteiger partial charge in [-0.15, -0.1) is 11.8 Å². The first-order chi connectivity index (χ1) is 8.96. The first-order valence-corrected chi connectivity index (χ1v) is 7.04. The minimum Gasteiger partial charge on any atom is -0.377 e. The van der Waals surface area contributed by atoms with E-state index in [-0.39, 0.29) is 23.3 Å². The van der Waals surface area contributed by atoms with E-state index < -0.39 is 5.54 Å². The van der Waals surface area contributed by atoms with Crippen molar-refractivity contribution < 1.29 is 9.53 Å². The predicted molar refractivity (Wildman–Crippen MR) is 74.2 cm³/mol. The van der Waals surface area contributed by atoms with E-state index in [0.717, 1.165) is 19.4 Å². The van der Waals surface area contributed by atoms with Gasteiger partial charge in [-0.3, -0.25) is 4.79 Å². The zero-order valence-corrected chi connectivity index (χ0v) is 12.1. The van der Waals surface area contributed by atoms with Gasteiger partial charge in [-0.2, -0.15) is 0 Å². The molecule has 1 saturated carbocycles. The Morgan fingerprint density at radius 1 is 1.53 bits per heavy atom. The predicted octanol–water partition coefficient (Wildman–Crippen LogP) is 1.05. The van der Waals surface area contributed by atoms with Gasteiger partial charge >= 0.3 is 0 Å². The van der Waals surface area contributed by atoms with Gasteiger partial charge < -0.3 is 15.8 Å². The van der Waals surface area contributed by atoms with Gasteiger partial charge in [0.05, 0.1) is 6.10 Å². The Morgan fingerprint density at radius 2 is 2.26 bits per heavy atom. The Labute approximate surface area is 115 Å². The lowest BCUT2D eigenvalue weighted by Crippen LogP contribution is -2.82. The topological polar surface area (TPSA) is 64.4 Å². The standard InChI is InChI=1S/C15H24N2O2/c1-4-5-6-9-17-13(18)15(16)11-8-7-10-19-12(11)14(15,2)3/h11-12H,6-10,16H2,1-3H3,(H,17,18). The highest BCUT2D eigenvalue weighted by molar-refractivity contribution is 5.89. The molecule has 106 valence electrons. The highest BCUT2D eigenvalue weighted by Crippen LogP contribution is 2.57. The van der Waals surface area contributed by atoms with E-state index in [1.165, 1.54) is 0 Å². The Hall–Kier alpha value is -1.05. The van der Waals surface area contributed by atoms with Crippen LogP contribution in [0.2, 0.25) is 0 Å². The molecule has 3 atom stereocenters. The van der Waals surface area contributed by atoms with Gasteiger partial charge in [0.2, 0.25) is 5.91 Å². The largest absolute Gasteiger partial charge is 0.377 e. The van der Waals surface area contributed by atoms with Crippen LogP contribution in [0.25, 0.3) is 0 Å². The second-order valence-electron chi connectivity index (χ2n) is 6.06. The Balaban J connectivity index is 2.03. The number of ether oxygens (including phenoxy) is 1. The number of rotatable bonds is 3. The molecule has 1 saturated heterocycles. The fourth-order valence-corrected chi connectivity index (χ4v) is 3.55. The molecule has 2 rings (SSSR count). The van der Waals surface area contributed by atoms with Crippen molar-refractivity contribution in [3.8, 4) is 11.8 Å². The summed E-state index contributed by atoms with van der Waals surface area (Å²) in [5, 5.41) is 2.93. The molecule has 1 aliphatic heterocycles. The van der Waals surface area contributed by atoms with E-state index >= 15 is 0 Å². The first kappa shape index (κ1) is 14.4. The van der Waals surface area contributed by atoms with Crippen molar-refractivity contribution in [3.63, 3.8) is 0 Å². The van der Waals surface area contributed by atoms with Crippen molar-refractivity contribution in [2.75, 3.05) is 13.2 Å². The van der Waals surface area contributed by atoms with Crippen molar-refractivity contribution in [2.45, 2.75) is 51.7 Å². The summed E-state index contributed by atoms with van der Waals surface area (Å²) >= 11 is 0. The molecule has 2 fully saturated rings. The van der Waals surface area contributed by atoms with Crippen LogP contribution in [0.4, 0.5) is 0 Å². The highest BCUT2D eigenvalue weighted by atomic mass is 16.5. The lowest BCUT2D eigenvalue weighted by molar-refractivity contribution is -0.225. The van der Waals surface area contributed by atoms with Crippen molar-refractivity contribution in [3.05, 3.63) is 0 Å². The molecule has 0 aromatic carbocycles. The second-order valence-corrected chi connectivity index (χ2v) is 6.06. The summed E-state index contributed by atoms with van der Waals surface area (Å²) in [6.07, 6.45) is 2.76. The van der Waals surface area contributed by atoms with Gasteiger partial charge in [-0.25, -0.2) is 0 Å². The van der Waals surface area contributed by atoms with Gasteiger partial charge in [0.25, 0.3) is 0 Å². The summed E-state index contributed by atoms with van der Waals surface area (Å²) in [5.74, 6) is 5.85. The summed E-state index contributed by atoms with van der Waals surface area (Å²) in [4.78, 5) is 12.4. The lowest BCUT2D eigenvalue weighted by Gasteiger charge is -2.65. The molecule has 1 amide bonds. The monoisotopic (exact) mass is 264 g/mol. The van der Waals surface area contributed by atoms with Crippen molar-refractivity contribution >= 4 is 5.91 Å². The van der Waals surface area contributed by atoms with Gasteiger partial charge in [0.15, 0.2) is 0 Å². The molecule has 4 nitrogen and oxygen atoms in total. The van der Waals surface area contributed by atoms with Crippen molar-refractivity contribution in [1.82, 2.24) is 5.32 Å². The van der Waals surface area contributed by atoms with E-state index in [1.54, 1.807) is 6.92 Å². The number of fused-ring (bicyclic) bond motifs is 1. The number of carbonyl (C=O) groups excluding carboxylic acids is 1. The molecule has 0 aromatic rings. The van der Waals surface area contributed by atoms with Crippen LogP contribution in [-0.4, -0.2) is 30.7 Å². The minimum absolute atomic E-state index is 0.0536. The van der Waals surface area contributed by atoms with Crippen LogP contribution >= 0.6 is 0 Å². The van der Waals surface area contributed by atoms with Gasteiger partial charge in [-0.05, 0) is 19.8 Å². The smallest absolute Gasteiger partial charge is 0.241 e. The third-order valence-corrected chi connectivity index (χ3v) is 4.77. The van der Waals surface area contributed by atoms with E-state index in [2.05, 4.69) is 17.2 Å². The second kappa shape index (κ2) is 5.15. The van der Waals surface area contributed by atoms with E-state index in [9.17, 15) is 4.79 Å². The number of amides is 1. The molecule has 0 radical (unpaired) electrons. The average Bonchev–Trinajstić information content (AvgIpc) is 2.42. The molecular formula is C15H24N2O2. The summed E-state index contributed by atoms with van der Waals surface area (Å²) in [6.45, 7) is 7.21. The zero-order chi connectivity index (χ0) is 14.1. The SMILES string of the molecule is CC#CCCNC(=O)C1(N)C2CCCOC2C1(C)C. The van der Waals surface area contributed by atoms with Crippen LogP contribution in [0, 0.1) is 23.2 Å². The number of carbonyl (C=O) groups is 1. The van der Waals surface area contributed by atoms with Crippen molar-refractivity contribution in [2.24, 2.45) is 17.1 Å². The van der Waals surface area contributed by atoms with Crippen LogP contribution in [-0.2, 0) is 9.53 Å². The third kappa shape index (κ3) is 2.05. The molecule has 0 bridgehead atoms. The first-order valence-electron chi connectivity index (χ1n) is 7.04. The van der Waals surface area contributed by atoms with Crippen molar-refractivity contribution in [1.29, 1.82) is 0 Å². The van der Waals surface area contributed by atoms with E-state index in [1.807, 2.05) is 13.8 Å². The Kier molecular flexibility index (Phi) is 3.89. The lowest BCUT2D eigenvalue weighted by atomic mass is 9.46. The van der Waals surface area contributed by atoms with Gasteiger partial charge in [0, 0.05) is 30.9 Å². The zero-order valence-electron chi connectivity index (χ0n) is 12.1. The molecule has 2 aliphatic rings. The Morgan fingerprint density at radius 3 is 2.95 bits per heavy atom. The van der Waals surface area contributed by atoms with Crippen LogP contribution in [0.1, 0.15) is 40.0 Å². The summed E-state index contributed by atoms with van der Waals surface area (Å²) in [6, 6.07) is 0. The van der Waals surface area contributed by atoms with Crippen LogP contribution in [0.5, 0.6) is 0 Å².